The van der Waals surface area contributed by atoms with Crippen LogP contribution in [0.1, 0.15) is 25.8 Å². The molecule has 4 heteroatoms. The van der Waals surface area contributed by atoms with Gasteiger partial charge in [-0.2, -0.15) is 0 Å². The zero-order chi connectivity index (χ0) is 12.1. The van der Waals surface area contributed by atoms with Gasteiger partial charge in [0.25, 0.3) is 0 Å². The van der Waals surface area contributed by atoms with E-state index in [1.807, 2.05) is 13.0 Å². The molecule has 1 rings (SSSR count). The second-order valence-corrected chi connectivity index (χ2v) is 4.28. The zero-order valence-electron chi connectivity index (χ0n) is 9.80. The number of hydrogen-bond acceptors (Lipinski definition) is 1. The molecule has 2 N–H and O–H groups in total. The maximum Gasteiger partial charge on any atom is 0.170 e. The molecule has 16 heavy (non-hydrogen) atoms. The summed E-state index contributed by atoms with van der Waals surface area (Å²) < 4.78 is 13.3. The van der Waals surface area contributed by atoms with Gasteiger partial charge in [-0.15, -0.1) is 0 Å². The summed E-state index contributed by atoms with van der Waals surface area (Å²) in [6.45, 7) is 5.85. The van der Waals surface area contributed by atoms with Gasteiger partial charge in [-0.1, -0.05) is 13.0 Å². The van der Waals surface area contributed by atoms with Crippen LogP contribution in [-0.4, -0.2) is 11.2 Å². The first-order valence-corrected chi connectivity index (χ1v) is 5.77. The normalized spacial score (nSPS) is 12.0. The molecule has 0 aliphatic carbocycles. The van der Waals surface area contributed by atoms with E-state index < -0.39 is 0 Å². The summed E-state index contributed by atoms with van der Waals surface area (Å²) in [5, 5.41) is 6.59. The lowest BCUT2D eigenvalue weighted by molar-refractivity contribution is 0.619. The highest BCUT2D eigenvalue weighted by molar-refractivity contribution is 7.80. The van der Waals surface area contributed by atoms with Gasteiger partial charge in [0.2, 0.25) is 0 Å². The Bertz CT molecular complexity index is 379. The van der Waals surface area contributed by atoms with Crippen LogP contribution in [0.5, 0.6) is 0 Å². The Morgan fingerprint density at radius 3 is 2.75 bits per heavy atom. The van der Waals surface area contributed by atoms with Gasteiger partial charge in [-0.25, -0.2) is 4.39 Å². The van der Waals surface area contributed by atoms with E-state index in [0.29, 0.717) is 22.4 Å². The summed E-state index contributed by atoms with van der Waals surface area (Å²) in [6, 6.07) is 5.29. The minimum absolute atomic E-state index is 0.226. The molecule has 0 aromatic heterocycles. The molecule has 1 aromatic carbocycles. The highest BCUT2D eigenvalue weighted by Crippen LogP contribution is 2.13. The van der Waals surface area contributed by atoms with Gasteiger partial charge in [-0.3, -0.25) is 0 Å². The molecular weight excluding hydrogens is 223 g/mol. The molecule has 0 fully saturated rings. The van der Waals surface area contributed by atoms with Crippen molar-refractivity contribution >= 4 is 23.0 Å². The molecule has 1 atom stereocenters. The Balaban J connectivity index is 2.59. The first kappa shape index (κ1) is 12.9. The fraction of sp³-hybridized carbons (Fsp3) is 0.417. The molecule has 0 aliphatic heterocycles. The summed E-state index contributed by atoms with van der Waals surface area (Å²) >= 11 is 5.11. The Morgan fingerprint density at radius 1 is 1.50 bits per heavy atom. The number of halogens is 1. The van der Waals surface area contributed by atoms with Gasteiger partial charge in [0.15, 0.2) is 5.11 Å². The lowest BCUT2D eigenvalue weighted by Crippen LogP contribution is -2.35. The summed E-state index contributed by atoms with van der Waals surface area (Å²) in [5.74, 6) is -0.226. The lowest BCUT2D eigenvalue weighted by atomic mass is 10.2. The van der Waals surface area contributed by atoms with Crippen LogP contribution in [0.3, 0.4) is 0 Å². The molecule has 1 aromatic rings. The van der Waals surface area contributed by atoms with E-state index in [1.54, 1.807) is 13.0 Å². The van der Waals surface area contributed by atoms with Gasteiger partial charge in [-0.05, 0) is 50.2 Å². The molecule has 0 saturated heterocycles. The Morgan fingerprint density at radius 2 is 2.19 bits per heavy atom. The molecular formula is C12H17FN2S. The number of benzene rings is 1. The second kappa shape index (κ2) is 5.80. The third-order valence-electron chi connectivity index (χ3n) is 2.42. The van der Waals surface area contributed by atoms with E-state index >= 15 is 0 Å². The van der Waals surface area contributed by atoms with Crippen LogP contribution >= 0.6 is 12.2 Å². The number of anilines is 1. The van der Waals surface area contributed by atoms with Gasteiger partial charge in [0.1, 0.15) is 5.82 Å². The summed E-state index contributed by atoms with van der Waals surface area (Å²) in [7, 11) is 0. The largest absolute Gasteiger partial charge is 0.360 e. The summed E-state index contributed by atoms with van der Waals surface area (Å²) in [5.41, 5.74) is 1.30. The van der Waals surface area contributed by atoms with Crippen LogP contribution in [0.4, 0.5) is 10.1 Å². The van der Waals surface area contributed by atoms with E-state index in [9.17, 15) is 4.39 Å². The van der Waals surface area contributed by atoms with Crippen molar-refractivity contribution in [3.63, 3.8) is 0 Å². The van der Waals surface area contributed by atoms with Crippen molar-refractivity contribution < 1.29 is 4.39 Å². The quantitative estimate of drug-likeness (QED) is 0.793. The third-order valence-corrected chi connectivity index (χ3v) is 2.64. The summed E-state index contributed by atoms with van der Waals surface area (Å²) in [6.07, 6.45) is 0.990. The number of nitrogens with one attached hydrogen (secondary N) is 2. The topological polar surface area (TPSA) is 24.1 Å². The van der Waals surface area contributed by atoms with E-state index in [1.165, 1.54) is 6.07 Å². The van der Waals surface area contributed by atoms with Gasteiger partial charge >= 0.3 is 0 Å². The fourth-order valence-electron chi connectivity index (χ4n) is 1.16. The van der Waals surface area contributed by atoms with Crippen LogP contribution in [0.25, 0.3) is 0 Å². The first-order chi connectivity index (χ1) is 7.52. The molecule has 0 heterocycles. The maximum atomic E-state index is 13.3. The van der Waals surface area contributed by atoms with Crippen LogP contribution < -0.4 is 10.6 Å². The van der Waals surface area contributed by atoms with Crippen molar-refractivity contribution in [2.75, 3.05) is 5.32 Å². The second-order valence-electron chi connectivity index (χ2n) is 3.87. The fourth-order valence-corrected chi connectivity index (χ4v) is 1.48. The zero-order valence-corrected chi connectivity index (χ0v) is 10.6. The maximum absolute atomic E-state index is 13.3. The summed E-state index contributed by atoms with van der Waals surface area (Å²) in [4.78, 5) is 0. The minimum atomic E-state index is -0.226. The van der Waals surface area contributed by atoms with Crippen molar-refractivity contribution in [1.29, 1.82) is 0 Å². The molecule has 0 radical (unpaired) electrons. The SMILES string of the molecule is CC[C@@H](C)NC(=S)Nc1ccc(C)c(F)c1. The van der Waals surface area contributed by atoms with Gasteiger partial charge in [0.05, 0.1) is 0 Å². The number of aryl methyl sites for hydroxylation is 1. The third kappa shape index (κ3) is 3.77. The van der Waals surface area contributed by atoms with Crippen molar-refractivity contribution in [1.82, 2.24) is 5.32 Å². The van der Waals surface area contributed by atoms with Crippen LogP contribution in [-0.2, 0) is 0 Å². The van der Waals surface area contributed by atoms with Crippen LogP contribution in [0, 0.1) is 12.7 Å². The Hall–Kier alpha value is -1.16. The minimum Gasteiger partial charge on any atom is -0.360 e. The molecule has 2 nitrogen and oxygen atoms in total. The molecule has 0 saturated carbocycles. The first-order valence-electron chi connectivity index (χ1n) is 5.36. The Labute approximate surface area is 101 Å². The Kier molecular flexibility index (Phi) is 4.68. The standard InChI is InChI=1S/C12H17FN2S/c1-4-9(3)14-12(16)15-10-6-5-8(2)11(13)7-10/h5-7,9H,4H2,1-3H3,(H2,14,15,16)/t9-/m1/s1. The molecule has 0 unspecified atom stereocenters. The van der Waals surface area contributed by atoms with E-state index in [2.05, 4.69) is 17.6 Å². The highest BCUT2D eigenvalue weighted by Gasteiger charge is 2.03. The van der Waals surface area contributed by atoms with Gasteiger partial charge in [0, 0.05) is 11.7 Å². The van der Waals surface area contributed by atoms with E-state index in [4.69, 9.17) is 12.2 Å². The van der Waals surface area contributed by atoms with Crippen molar-refractivity contribution in [2.45, 2.75) is 33.2 Å². The van der Waals surface area contributed by atoms with E-state index in [-0.39, 0.29) is 5.82 Å². The average molecular weight is 240 g/mol. The monoisotopic (exact) mass is 240 g/mol. The van der Waals surface area contributed by atoms with E-state index in [0.717, 1.165) is 6.42 Å². The van der Waals surface area contributed by atoms with Gasteiger partial charge < -0.3 is 10.6 Å². The molecule has 0 bridgehead atoms. The average Bonchev–Trinajstić information content (AvgIpc) is 2.23. The van der Waals surface area contributed by atoms with Crippen molar-refractivity contribution in [2.24, 2.45) is 0 Å². The predicted octanol–water partition coefficient (Wildman–Crippen LogP) is 3.22. The van der Waals surface area contributed by atoms with Crippen LogP contribution in [0.15, 0.2) is 18.2 Å². The van der Waals surface area contributed by atoms with Crippen molar-refractivity contribution in [3.8, 4) is 0 Å². The predicted molar refractivity (Wildman–Crippen MR) is 70.2 cm³/mol. The number of hydrogen-bond donors (Lipinski definition) is 2. The molecule has 0 aliphatic rings. The lowest BCUT2D eigenvalue weighted by Gasteiger charge is -2.15. The highest BCUT2D eigenvalue weighted by atomic mass is 32.1. The smallest absolute Gasteiger partial charge is 0.170 e. The number of thiocarbonyl (C=S) groups is 1. The van der Waals surface area contributed by atoms with Crippen LogP contribution in [0.2, 0.25) is 0 Å². The molecule has 0 amide bonds. The van der Waals surface area contributed by atoms with Crippen molar-refractivity contribution in [3.05, 3.63) is 29.6 Å². The molecule has 0 spiro atoms. The molecule has 88 valence electrons. The number of rotatable bonds is 3.